The van der Waals surface area contributed by atoms with Gasteiger partial charge in [-0.15, -0.1) is 0 Å². The number of urea groups is 1. The van der Waals surface area contributed by atoms with Crippen LogP contribution >= 0.6 is 0 Å². The van der Waals surface area contributed by atoms with Crippen LogP contribution in [0.4, 0.5) is 26.7 Å². The van der Waals surface area contributed by atoms with Gasteiger partial charge in [0.25, 0.3) is 6.43 Å². The fraction of sp³-hybridized carbons (Fsp3) is 0.440. The van der Waals surface area contributed by atoms with E-state index in [4.69, 9.17) is 0 Å². The lowest BCUT2D eigenvalue weighted by molar-refractivity contribution is -0.136. The maximum Gasteiger partial charge on any atom is 0.389 e. The second kappa shape index (κ2) is 11.0. The van der Waals surface area contributed by atoms with Crippen molar-refractivity contribution in [3.8, 4) is 11.1 Å². The third-order valence-electron chi connectivity index (χ3n) is 6.12. The normalized spacial score (nSPS) is 13.7. The third-order valence-corrected chi connectivity index (χ3v) is 6.12. The first kappa shape index (κ1) is 26.4. The van der Waals surface area contributed by atoms with Gasteiger partial charge in [0.05, 0.1) is 11.6 Å². The monoisotopic (exact) mass is 496 g/mol. The highest BCUT2D eigenvalue weighted by Gasteiger charge is 2.29. The van der Waals surface area contributed by atoms with Gasteiger partial charge in [0.2, 0.25) is 0 Å². The number of fused-ring (bicyclic) bond motifs is 1. The smallest absolute Gasteiger partial charge is 0.335 e. The molecule has 0 bridgehead atoms. The largest absolute Gasteiger partial charge is 0.389 e. The average molecular weight is 497 g/mol. The van der Waals surface area contributed by atoms with Gasteiger partial charge in [-0.1, -0.05) is 25.1 Å². The van der Waals surface area contributed by atoms with Gasteiger partial charge >= 0.3 is 12.2 Å². The second-order valence-electron chi connectivity index (χ2n) is 8.44. The zero-order valence-corrected chi connectivity index (χ0v) is 19.8. The van der Waals surface area contributed by atoms with Crippen molar-refractivity contribution < 1.29 is 26.7 Å². The van der Waals surface area contributed by atoms with Gasteiger partial charge in [-0.25, -0.2) is 18.6 Å². The van der Waals surface area contributed by atoms with Crippen molar-refractivity contribution in [2.45, 2.75) is 64.7 Å². The van der Waals surface area contributed by atoms with E-state index in [0.717, 1.165) is 5.56 Å². The first-order valence-corrected chi connectivity index (χ1v) is 11.5. The predicted molar refractivity (Wildman–Crippen MR) is 124 cm³/mol. The van der Waals surface area contributed by atoms with E-state index in [9.17, 15) is 26.7 Å². The lowest BCUT2D eigenvalue weighted by atomic mass is 9.99. The summed E-state index contributed by atoms with van der Waals surface area (Å²) in [5.74, 6) is 0. The number of carbonyl (C=O) groups is 1. The zero-order valence-electron chi connectivity index (χ0n) is 19.8. The molecule has 0 saturated heterocycles. The standard InChI is InChI=1S/C25H29F5N4O/c1-4-20(9-10-25(28,29)30)32-24(35)34(5-2)16(3)17-7-6-8-18(13-17)19-14-21(22(26)27)23-31-11-12-33(23)15-19/h6-8,11-16,20,22H,4-5,9-10H2,1-3H3,(H,32,35)/t16-,20?/m1/s1. The number of nitrogens with one attached hydrogen (secondary N) is 1. The van der Waals surface area contributed by atoms with Crippen molar-refractivity contribution in [1.82, 2.24) is 19.6 Å². The minimum Gasteiger partial charge on any atom is -0.335 e. The first-order valence-electron chi connectivity index (χ1n) is 11.5. The lowest BCUT2D eigenvalue weighted by Crippen LogP contribution is -2.45. The number of aromatic nitrogens is 2. The summed E-state index contributed by atoms with van der Waals surface area (Å²) in [7, 11) is 0. The molecule has 2 atom stereocenters. The Morgan fingerprint density at radius 3 is 2.54 bits per heavy atom. The Morgan fingerprint density at radius 1 is 1.17 bits per heavy atom. The molecule has 0 fully saturated rings. The van der Waals surface area contributed by atoms with E-state index in [1.165, 1.54) is 12.3 Å². The van der Waals surface area contributed by atoms with Crippen molar-refractivity contribution in [3.05, 3.63) is 60.0 Å². The Labute approximate surface area is 201 Å². The van der Waals surface area contributed by atoms with Crippen molar-refractivity contribution in [2.75, 3.05) is 6.54 Å². The molecular formula is C25H29F5N4O. The molecule has 0 aliphatic heterocycles. The molecule has 0 saturated carbocycles. The summed E-state index contributed by atoms with van der Waals surface area (Å²) in [4.78, 5) is 18.5. The molecule has 1 aromatic carbocycles. The molecule has 1 unspecified atom stereocenters. The summed E-state index contributed by atoms with van der Waals surface area (Å²) in [6.07, 6.45) is -2.96. The molecular weight excluding hydrogens is 467 g/mol. The number of carbonyl (C=O) groups excluding carboxylic acids is 1. The van der Waals surface area contributed by atoms with Crippen LogP contribution in [0.2, 0.25) is 0 Å². The van der Waals surface area contributed by atoms with E-state index >= 15 is 0 Å². The number of imidazole rings is 1. The number of benzene rings is 1. The lowest BCUT2D eigenvalue weighted by Gasteiger charge is -2.31. The summed E-state index contributed by atoms with van der Waals surface area (Å²) in [5, 5.41) is 2.72. The highest BCUT2D eigenvalue weighted by molar-refractivity contribution is 5.75. The minimum absolute atomic E-state index is 0.176. The third kappa shape index (κ3) is 6.49. The first-order chi connectivity index (χ1) is 16.5. The molecule has 10 heteroatoms. The van der Waals surface area contributed by atoms with Gasteiger partial charge in [-0.2, -0.15) is 13.2 Å². The molecule has 0 radical (unpaired) electrons. The quantitative estimate of drug-likeness (QED) is 0.320. The molecule has 2 heterocycles. The van der Waals surface area contributed by atoms with Gasteiger partial charge in [0.1, 0.15) is 5.65 Å². The van der Waals surface area contributed by atoms with Crippen LogP contribution in [0.25, 0.3) is 16.8 Å². The molecule has 3 rings (SSSR count). The summed E-state index contributed by atoms with van der Waals surface area (Å²) < 4.78 is 66.6. The SMILES string of the molecule is CCC(CCC(F)(F)F)NC(=O)N(CC)[C@H](C)c1cccc(-c2cc(C(F)F)c3nccn3c2)c1. The summed E-state index contributed by atoms with van der Waals surface area (Å²) in [6.45, 7) is 5.68. The Morgan fingerprint density at radius 2 is 1.91 bits per heavy atom. The maximum atomic E-state index is 13.6. The molecule has 3 aromatic rings. The molecule has 35 heavy (non-hydrogen) atoms. The minimum atomic E-state index is -4.28. The number of alkyl halides is 5. The zero-order chi connectivity index (χ0) is 25.8. The number of hydrogen-bond donors (Lipinski definition) is 1. The van der Waals surface area contributed by atoms with Gasteiger partial charge in [-0.3, -0.25) is 0 Å². The van der Waals surface area contributed by atoms with Gasteiger partial charge in [0.15, 0.2) is 0 Å². The van der Waals surface area contributed by atoms with Crippen LogP contribution in [0.5, 0.6) is 0 Å². The van der Waals surface area contributed by atoms with E-state index in [-0.39, 0.29) is 17.6 Å². The van der Waals surface area contributed by atoms with E-state index < -0.39 is 37.1 Å². The number of nitrogens with zero attached hydrogens (tertiary/aromatic N) is 3. The molecule has 2 amide bonds. The van der Waals surface area contributed by atoms with Gasteiger partial charge in [0, 0.05) is 37.6 Å². The van der Waals surface area contributed by atoms with Crippen molar-refractivity contribution >= 4 is 11.7 Å². The van der Waals surface area contributed by atoms with Crippen LogP contribution in [0, 0.1) is 0 Å². The van der Waals surface area contributed by atoms with Crippen LogP contribution in [0.1, 0.15) is 63.6 Å². The van der Waals surface area contributed by atoms with E-state index in [1.807, 2.05) is 19.1 Å². The highest BCUT2D eigenvalue weighted by Crippen LogP contribution is 2.31. The number of halogens is 5. The number of pyridine rings is 1. The molecule has 5 nitrogen and oxygen atoms in total. The summed E-state index contributed by atoms with van der Waals surface area (Å²) >= 11 is 0. The van der Waals surface area contributed by atoms with Gasteiger partial charge in [-0.05, 0) is 55.5 Å². The molecule has 0 aliphatic carbocycles. The Balaban J connectivity index is 1.82. The van der Waals surface area contributed by atoms with E-state index in [1.54, 1.807) is 47.7 Å². The number of hydrogen-bond acceptors (Lipinski definition) is 2. The fourth-order valence-corrected chi connectivity index (χ4v) is 4.10. The Hall–Kier alpha value is -3.17. The number of rotatable bonds is 9. The van der Waals surface area contributed by atoms with Crippen molar-refractivity contribution in [2.24, 2.45) is 0 Å². The summed E-state index contributed by atoms with van der Waals surface area (Å²) in [5.41, 5.74) is 2.06. The average Bonchev–Trinajstić information content (AvgIpc) is 3.29. The fourth-order valence-electron chi connectivity index (χ4n) is 4.10. The number of amides is 2. The summed E-state index contributed by atoms with van der Waals surface area (Å²) in [6, 6.07) is 7.21. The Bertz CT molecular complexity index is 1140. The Kier molecular flexibility index (Phi) is 8.34. The maximum absolute atomic E-state index is 13.6. The molecule has 0 spiro atoms. The van der Waals surface area contributed by atoms with Crippen LogP contribution in [0.15, 0.2) is 48.9 Å². The molecule has 190 valence electrons. The van der Waals surface area contributed by atoms with E-state index in [0.29, 0.717) is 24.1 Å². The molecule has 1 N–H and O–H groups in total. The molecule has 2 aromatic heterocycles. The predicted octanol–water partition coefficient (Wildman–Crippen LogP) is 7.15. The van der Waals surface area contributed by atoms with Gasteiger partial charge < -0.3 is 14.6 Å². The van der Waals surface area contributed by atoms with Crippen LogP contribution in [-0.4, -0.2) is 39.1 Å². The molecule has 0 aliphatic rings. The van der Waals surface area contributed by atoms with Crippen LogP contribution in [0.3, 0.4) is 0 Å². The highest BCUT2D eigenvalue weighted by atomic mass is 19.4. The topological polar surface area (TPSA) is 49.6 Å². The van der Waals surface area contributed by atoms with Crippen LogP contribution in [-0.2, 0) is 0 Å². The van der Waals surface area contributed by atoms with E-state index in [2.05, 4.69) is 10.3 Å². The van der Waals surface area contributed by atoms with Crippen molar-refractivity contribution in [3.63, 3.8) is 0 Å². The second-order valence-corrected chi connectivity index (χ2v) is 8.44. The van der Waals surface area contributed by atoms with Crippen molar-refractivity contribution in [1.29, 1.82) is 0 Å². The van der Waals surface area contributed by atoms with Crippen LogP contribution < -0.4 is 5.32 Å².